The van der Waals surface area contributed by atoms with Crippen molar-refractivity contribution >= 4 is 23.2 Å². The van der Waals surface area contributed by atoms with Crippen LogP contribution in [0.4, 0.5) is 11.4 Å². The average molecular weight is 291 g/mol. The number of hydrogen-bond acceptors (Lipinski definition) is 3. The van der Waals surface area contributed by atoms with Gasteiger partial charge in [-0.2, -0.15) is 5.26 Å². The zero-order valence-electron chi connectivity index (χ0n) is 11.7. The van der Waals surface area contributed by atoms with E-state index >= 15 is 0 Å². The number of benzene rings is 2. The van der Waals surface area contributed by atoms with Crippen molar-refractivity contribution in [2.24, 2.45) is 0 Å². The summed E-state index contributed by atoms with van der Waals surface area (Å²) in [5.74, 6) is -1.29. The number of carbonyl (C=O) groups is 2. The Morgan fingerprint density at radius 1 is 1.14 bits per heavy atom. The van der Waals surface area contributed by atoms with Crippen LogP contribution in [-0.2, 0) is 16.0 Å². The Kier molecular flexibility index (Phi) is 3.58. The first-order valence-corrected chi connectivity index (χ1v) is 6.90. The van der Waals surface area contributed by atoms with Crippen LogP contribution < -0.4 is 10.2 Å². The van der Waals surface area contributed by atoms with Gasteiger partial charge < -0.3 is 10.2 Å². The van der Waals surface area contributed by atoms with Gasteiger partial charge in [0.15, 0.2) is 0 Å². The number of hydrogen-bond donors (Lipinski definition) is 1. The number of nitriles is 1. The number of nitrogens with one attached hydrogen (secondary N) is 1. The molecule has 0 spiro atoms. The molecule has 5 heteroatoms. The Labute approximate surface area is 127 Å². The summed E-state index contributed by atoms with van der Waals surface area (Å²) in [6.45, 7) is 0.504. The molecular weight excluding hydrogens is 278 g/mol. The smallest absolute Gasteiger partial charge is 0.316 e. The van der Waals surface area contributed by atoms with E-state index in [-0.39, 0.29) is 0 Å². The minimum absolute atomic E-state index is 0.428. The van der Waals surface area contributed by atoms with Gasteiger partial charge in [0.2, 0.25) is 0 Å². The highest BCUT2D eigenvalue weighted by atomic mass is 16.2. The zero-order chi connectivity index (χ0) is 15.5. The summed E-state index contributed by atoms with van der Waals surface area (Å²) in [7, 11) is 0. The van der Waals surface area contributed by atoms with E-state index in [2.05, 4.69) is 5.32 Å². The van der Waals surface area contributed by atoms with Gasteiger partial charge in [-0.1, -0.05) is 24.3 Å². The van der Waals surface area contributed by atoms with Gasteiger partial charge in [-0.3, -0.25) is 9.59 Å². The molecule has 0 fully saturated rings. The van der Waals surface area contributed by atoms with Crippen LogP contribution >= 0.6 is 0 Å². The molecule has 0 unspecified atom stereocenters. The van der Waals surface area contributed by atoms with Crippen molar-refractivity contribution in [3.63, 3.8) is 0 Å². The Balaban J connectivity index is 1.76. The van der Waals surface area contributed by atoms with E-state index in [1.165, 1.54) is 11.0 Å². The quantitative estimate of drug-likeness (QED) is 0.818. The fourth-order valence-corrected chi connectivity index (χ4v) is 2.52. The van der Waals surface area contributed by atoms with E-state index < -0.39 is 11.8 Å². The maximum Gasteiger partial charge on any atom is 0.316 e. The van der Waals surface area contributed by atoms with Gasteiger partial charge in [-0.15, -0.1) is 0 Å². The second-order valence-corrected chi connectivity index (χ2v) is 4.98. The van der Waals surface area contributed by atoms with Crippen molar-refractivity contribution in [1.82, 2.24) is 0 Å². The van der Waals surface area contributed by atoms with Gasteiger partial charge in [0.05, 0.1) is 11.6 Å². The maximum atomic E-state index is 12.3. The fourth-order valence-electron chi connectivity index (χ4n) is 2.52. The molecule has 22 heavy (non-hydrogen) atoms. The van der Waals surface area contributed by atoms with E-state index in [0.29, 0.717) is 17.8 Å². The van der Waals surface area contributed by atoms with Gasteiger partial charge in [-0.05, 0) is 36.2 Å². The summed E-state index contributed by atoms with van der Waals surface area (Å²) in [5.41, 5.74) is 2.71. The highest BCUT2D eigenvalue weighted by Crippen LogP contribution is 2.27. The van der Waals surface area contributed by atoms with Crippen LogP contribution in [0, 0.1) is 11.3 Å². The standard InChI is InChI=1S/C17H13N3O2/c18-11-12-4-3-6-14(10-12)19-16(21)17(22)20-9-8-13-5-1-2-7-15(13)20/h1-7,10H,8-9H2,(H,19,21). The maximum absolute atomic E-state index is 12.3. The molecule has 2 aromatic carbocycles. The first-order chi connectivity index (χ1) is 10.7. The number of para-hydroxylation sites is 1. The lowest BCUT2D eigenvalue weighted by Crippen LogP contribution is -2.38. The van der Waals surface area contributed by atoms with Crippen molar-refractivity contribution in [3.8, 4) is 6.07 Å². The van der Waals surface area contributed by atoms with Crippen LogP contribution in [-0.4, -0.2) is 18.4 Å². The molecule has 0 aromatic heterocycles. The molecule has 0 saturated carbocycles. The van der Waals surface area contributed by atoms with Crippen LogP contribution in [0.1, 0.15) is 11.1 Å². The van der Waals surface area contributed by atoms with Crippen molar-refractivity contribution in [2.45, 2.75) is 6.42 Å². The largest absolute Gasteiger partial charge is 0.318 e. The molecule has 2 amide bonds. The third-order valence-corrected chi connectivity index (χ3v) is 3.58. The lowest BCUT2D eigenvalue weighted by Gasteiger charge is -2.16. The molecule has 1 aliphatic heterocycles. The molecule has 1 heterocycles. The molecule has 0 atom stereocenters. The minimum Gasteiger partial charge on any atom is -0.318 e. The van der Waals surface area contributed by atoms with E-state index in [1.807, 2.05) is 30.3 Å². The van der Waals surface area contributed by atoms with Crippen molar-refractivity contribution in [1.29, 1.82) is 5.26 Å². The highest BCUT2D eigenvalue weighted by molar-refractivity contribution is 6.44. The van der Waals surface area contributed by atoms with E-state index in [4.69, 9.17) is 5.26 Å². The minimum atomic E-state index is -0.702. The Bertz CT molecular complexity index is 792. The van der Waals surface area contributed by atoms with Crippen LogP contribution in [0.3, 0.4) is 0 Å². The number of fused-ring (bicyclic) bond motifs is 1. The Morgan fingerprint density at radius 3 is 2.77 bits per heavy atom. The second kappa shape index (κ2) is 5.70. The van der Waals surface area contributed by atoms with E-state index in [0.717, 1.165) is 17.7 Å². The summed E-state index contributed by atoms with van der Waals surface area (Å²) in [6.07, 6.45) is 0.749. The third kappa shape index (κ3) is 2.54. The van der Waals surface area contributed by atoms with Crippen LogP contribution in [0.15, 0.2) is 48.5 Å². The van der Waals surface area contributed by atoms with Crippen LogP contribution in [0.5, 0.6) is 0 Å². The average Bonchev–Trinajstić information content (AvgIpc) is 2.98. The predicted octanol–water partition coefficient (Wildman–Crippen LogP) is 2.09. The normalized spacial score (nSPS) is 12.4. The molecule has 5 nitrogen and oxygen atoms in total. The first-order valence-electron chi connectivity index (χ1n) is 6.90. The second-order valence-electron chi connectivity index (χ2n) is 4.98. The molecule has 1 aliphatic rings. The lowest BCUT2D eigenvalue weighted by molar-refractivity contribution is -0.134. The zero-order valence-corrected chi connectivity index (χ0v) is 11.7. The third-order valence-electron chi connectivity index (χ3n) is 3.58. The van der Waals surface area contributed by atoms with Crippen molar-refractivity contribution in [2.75, 3.05) is 16.8 Å². The van der Waals surface area contributed by atoms with Gasteiger partial charge in [-0.25, -0.2) is 0 Å². The molecule has 0 radical (unpaired) electrons. The van der Waals surface area contributed by atoms with Gasteiger partial charge in [0, 0.05) is 17.9 Å². The summed E-state index contributed by atoms with van der Waals surface area (Å²) in [5, 5.41) is 11.4. The Hall–Kier alpha value is -3.13. The number of amides is 2. The molecular formula is C17H13N3O2. The SMILES string of the molecule is N#Cc1cccc(NC(=O)C(=O)N2CCc3ccccc32)c1. The molecule has 0 aliphatic carbocycles. The number of nitrogens with zero attached hydrogens (tertiary/aromatic N) is 2. The molecule has 2 aromatic rings. The van der Waals surface area contributed by atoms with Gasteiger partial charge in [0.25, 0.3) is 0 Å². The predicted molar refractivity (Wildman–Crippen MR) is 82.3 cm³/mol. The molecule has 0 bridgehead atoms. The molecule has 108 valence electrons. The van der Waals surface area contributed by atoms with Gasteiger partial charge in [0.1, 0.15) is 0 Å². The topological polar surface area (TPSA) is 73.2 Å². The summed E-state index contributed by atoms with van der Waals surface area (Å²) >= 11 is 0. The van der Waals surface area contributed by atoms with Crippen molar-refractivity contribution in [3.05, 3.63) is 59.7 Å². The summed E-state index contributed by atoms with van der Waals surface area (Å²) in [4.78, 5) is 25.9. The van der Waals surface area contributed by atoms with Crippen molar-refractivity contribution < 1.29 is 9.59 Å². The van der Waals surface area contributed by atoms with Crippen LogP contribution in [0.25, 0.3) is 0 Å². The van der Waals surface area contributed by atoms with E-state index in [1.54, 1.807) is 18.2 Å². The first kappa shape index (κ1) is 13.8. The monoisotopic (exact) mass is 291 g/mol. The fraction of sp³-hybridized carbons (Fsp3) is 0.118. The Morgan fingerprint density at radius 2 is 1.95 bits per heavy atom. The molecule has 0 saturated heterocycles. The van der Waals surface area contributed by atoms with E-state index in [9.17, 15) is 9.59 Å². The molecule has 3 rings (SSSR count). The summed E-state index contributed by atoms with van der Waals surface area (Å²) in [6, 6.07) is 16.0. The van der Waals surface area contributed by atoms with Gasteiger partial charge >= 0.3 is 11.8 Å². The lowest BCUT2D eigenvalue weighted by atomic mass is 10.2. The number of carbonyl (C=O) groups excluding carboxylic acids is 2. The van der Waals surface area contributed by atoms with Crippen LogP contribution in [0.2, 0.25) is 0 Å². The number of anilines is 2. The summed E-state index contributed by atoms with van der Waals surface area (Å²) < 4.78 is 0. The molecule has 1 N–H and O–H groups in total. The highest BCUT2D eigenvalue weighted by Gasteiger charge is 2.28. The number of rotatable bonds is 1.